The first-order valence-corrected chi connectivity index (χ1v) is 14.5. The van der Waals surface area contributed by atoms with Crippen molar-refractivity contribution < 1.29 is 32.9 Å². The molecule has 4 aromatic rings. The molecule has 1 atom stereocenters. The molecule has 1 N–H and O–H groups in total. The summed E-state index contributed by atoms with van der Waals surface area (Å²) in [5, 5.41) is 9.31. The molecule has 0 aliphatic carbocycles. The van der Waals surface area contributed by atoms with Gasteiger partial charge in [0.05, 0.1) is 23.1 Å². The van der Waals surface area contributed by atoms with Gasteiger partial charge in [0, 0.05) is 25.7 Å². The summed E-state index contributed by atoms with van der Waals surface area (Å²) in [7, 11) is 0. The lowest BCUT2D eigenvalue weighted by atomic mass is 9.97. The average Bonchev–Trinajstić information content (AvgIpc) is 2.98. The van der Waals surface area contributed by atoms with Crippen LogP contribution in [-0.2, 0) is 11.3 Å². The Morgan fingerprint density at radius 1 is 1.02 bits per heavy atom. The Bertz CT molecular complexity index is 1700. The van der Waals surface area contributed by atoms with Crippen LogP contribution in [0.15, 0.2) is 65.5 Å². The van der Waals surface area contributed by atoms with Gasteiger partial charge in [-0.25, -0.2) is 18.6 Å². The molecule has 2 heterocycles. The minimum Gasteiger partial charge on any atom is -0.491 e. The molecular weight excluding hydrogens is 572 g/mol. The summed E-state index contributed by atoms with van der Waals surface area (Å²) in [5.74, 6) is -0.0494. The van der Waals surface area contributed by atoms with Gasteiger partial charge in [0.2, 0.25) is 0 Å². The molecule has 5 rings (SSSR count). The number of halogens is 2. The zero-order valence-electron chi connectivity index (χ0n) is 24.9. The molecular formula is C33H35F2N3O6. The smallest absolute Gasteiger partial charge is 0.410 e. The van der Waals surface area contributed by atoms with Crippen LogP contribution in [0.25, 0.3) is 22.3 Å². The number of rotatable bonds is 8. The van der Waals surface area contributed by atoms with Crippen molar-refractivity contribution in [3.63, 3.8) is 0 Å². The van der Waals surface area contributed by atoms with Crippen molar-refractivity contribution in [3.8, 4) is 28.6 Å². The molecule has 0 radical (unpaired) electrons. The summed E-state index contributed by atoms with van der Waals surface area (Å²) in [5.41, 5.74) is -0.600. The molecule has 0 unspecified atom stereocenters. The predicted molar refractivity (Wildman–Crippen MR) is 161 cm³/mol. The SMILES string of the molecule is CC(C)(C)OC(=O)N1CCC[C@H](Cn2c(-c3ccc(OCCO)cc3F)nc3ccc(Oc4ccc(F)cc4)cc3c2=O)C1. The van der Waals surface area contributed by atoms with Crippen LogP contribution in [0.1, 0.15) is 33.6 Å². The number of aliphatic hydroxyl groups excluding tert-OH is 1. The number of amides is 1. The van der Waals surface area contributed by atoms with Crippen LogP contribution in [0.3, 0.4) is 0 Å². The molecule has 9 nitrogen and oxygen atoms in total. The number of hydrogen-bond acceptors (Lipinski definition) is 7. The Morgan fingerprint density at radius 3 is 2.45 bits per heavy atom. The lowest BCUT2D eigenvalue weighted by molar-refractivity contribution is 0.0157. The number of aromatic nitrogens is 2. The number of likely N-dealkylation sites (tertiary alicyclic amines) is 1. The largest absolute Gasteiger partial charge is 0.491 e. The van der Waals surface area contributed by atoms with Gasteiger partial charge in [-0.05, 0) is 94.1 Å². The first kappa shape index (κ1) is 30.9. The number of benzene rings is 3. The maximum Gasteiger partial charge on any atom is 0.410 e. The summed E-state index contributed by atoms with van der Waals surface area (Å²) in [6.45, 7) is 6.30. The number of hydrogen-bond donors (Lipinski definition) is 1. The summed E-state index contributed by atoms with van der Waals surface area (Å²) in [6, 6.07) is 14.6. The molecule has 1 fully saturated rings. The number of aliphatic hydroxyl groups is 1. The third-order valence-electron chi connectivity index (χ3n) is 7.13. The number of piperidine rings is 1. The van der Waals surface area contributed by atoms with Crippen LogP contribution < -0.4 is 15.0 Å². The fraction of sp³-hybridized carbons (Fsp3) is 0.364. The molecule has 0 saturated carbocycles. The lowest BCUT2D eigenvalue weighted by Crippen LogP contribution is -2.44. The van der Waals surface area contributed by atoms with Crippen LogP contribution in [0, 0.1) is 17.6 Å². The van der Waals surface area contributed by atoms with Gasteiger partial charge < -0.3 is 24.2 Å². The van der Waals surface area contributed by atoms with Crippen molar-refractivity contribution in [2.24, 2.45) is 5.92 Å². The molecule has 1 aromatic heterocycles. The average molecular weight is 608 g/mol. The zero-order chi connectivity index (χ0) is 31.4. The Morgan fingerprint density at radius 2 is 1.75 bits per heavy atom. The van der Waals surface area contributed by atoms with E-state index in [0.717, 1.165) is 12.8 Å². The third kappa shape index (κ3) is 7.34. The van der Waals surface area contributed by atoms with Gasteiger partial charge in [0.1, 0.15) is 46.9 Å². The first-order chi connectivity index (χ1) is 21.0. The molecule has 232 valence electrons. The summed E-state index contributed by atoms with van der Waals surface area (Å²) in [4.78, 5) is 33.3. The maximum atomic E-state index is 15.5. The number of carbonyl (C=O) groups excluding carboxylic acids is 1. The van der Waals surface area contributed by atoms with E-state index >= 15 is 4.39 Å². The zero-order valence-corrected chi connectivity index (χ0v) is 24.9. The second kappa shape index (κ2) is 13.0. The maximum absolute atomic E-state index is 15.5. The highest BCUT2D eigenvalue weighted by Gasteiger charge is 2.29. The van der Waals surface area contributed by atoms with Gasteiger partial charge in [-0.3, -0.25) is 9.36 Å². The fourth-order valence-electron chi connectivity index (χ4n) is 5.17. The van der Waals surface area contributed by atoms with E-state index < -0.39 is 28.9 Å². The van der Waals surface area contributed by atoms with E-state index in [1.807, 2.05) is 20.8 Å². The summed E-state index contributed by atoms with van der Waals surface area (Å²) >= 11 is 0. The second-order valence-electron chi connectivity index (χ2n) is 11.7. The van der Waals surface area contributed by atoms with Gasteiger partial charge in [-0.2, -0.15) is 0 Å². The predicted octanol–water partition coefficient (Wildman–Crippen LogP) is 6.15. The quantitative estimate of drug-likeness (QED) is 0.256. The van der Waals surface area contributed by atoms with E-state index in [1.165, 1.54) is 41.0 Å². The molecule has 1 aliphatic heterocycles. The van der Waals surface area contributed by atoms with Crippen LogP contribution in [-0.4, -0.2) is 57.6 Å². The normalized spacial score (nSPS) is 15.3. The topological polar surface area (TPSA) is 103 Å². The third-order valence-corrected chi connectivity index (χ3v) is 7.13. The van der Waals surface area contributed by atoms with E-state index in [0.29, 0.717) is 30.1 Å². The summed E-state index contributed by atoms with van der Waals surface area (Å²) in [6.07, 6.45) is 1.04. The highest BCUT2D eigenvalue weighted by atomic mass is 19.1. The van der Waals surface area contributed by atoms with Crippen molar-refractivity contribution in [1.29, 1.82) is 0 Å². The molecule has 1 aliphatic rings. The van der Waals surface area contributed by atoms with Crippen molar-refractivity contribution in [3.05, 3.63) is 82.7 Å². The fourth-order valence-corrected chi connectivity index (χ4v) is 5.17. The van der Waals surface area contributed by atoms with Gasteiger partial charge in [-0.1, -0.05) is 0 Å². The Kier molecular flexibility index (Phi) is 9.14. The van der Waals surface area contributed by atoms with E-state index in [1.54, 1.807) is 29.2 Å². The standard InChI is InChI=1S/C33H35F2N3O6/c1-33(2,3)44-32(41)37-14-4-5-21(19-37)20-38-30(26-12-10-24(18-28(26)35)42-16-15-39)36-29-13-11-25(17-27(29)31(38)40)43-23-8-6-22(34)7-9-23/h6-13,17-18,21,39H,4-5,14-16,19-20H2,1-3H3/t21-/m0/s1. The van der Waals surface area contributed by atoms with E-state index in [2.05, 4.69) is 0 Å². The molecule has 44 heavy (non-hydrogen) atoms. The number of ether oxygens (including phenoxy) is 3. The Labute approximate surface area is 253 Å². The van der Waals surface area contributed by atoms with Gasteiger partial charge in [0.25, 0.3) is 5.56 Å². The molecule has 0 bridgehead atoms. The lowest BCUT2D eigenvalue weighted by Gasteiger charge is -2.34. The number of nitrogens with zero attached hydrogens (tertiary/aromatic N) is 3. The molecule has 3 aromatic carbocycles. The first-order valence-electron chi connectivity index (χ1n) is 14.5. The second-order valence-corrected chi connectivity index (χ2v) is 11.7. The summed E-state index contributed by atoms with van der Waals surface area (Å²) < 4.78 is 47.1. The minimum atomic E-state index is -0.644. The van der Waals surface area contributed by atoms with Gasteiger partial charge in [0.15, 0.2) is 0 Å². The Balaban J connectivity index is 1.54. The number of carbonyl (C=O) groups is 1. The molecule has 1 amide bonds. The van der Waals surface area contributed by atoms with Gasteiger partial charge >= 0.3 is 6.09 Å². The van der Waals surface area contributed by atoms with Crippen molar-refractivity contribution in [1.82, 2.24) is 14.5 Å². The van der Waals surface area contributed by atoms with Crippen molar-refractivity contribution in [2.75, 3.05) is 26.3 Å². The molecule has 1 saturated heterocycles. The molecule has 0 spiro atoms. The highest BCUT2D eigenvalue weighted by molar-refractivity contribution is 5.81. The monoisotopic (exact) mass is 607 g/mol. The van der Waals surface area contributed by atoms with Crippen molar-refractivity contribution >= 4 is 17.0 Å². The highest BCUT2D eigenvalue weighted by Crippen LogP contribution is 2.30. The van der Waals surface area contributed by atoms with E-state index in [-0.39, 0.29) is 48.2 Å². The van der Waals surface area contributed by atoms with Gasteiger partial charge in [-0.15, -0.1) is 0 Å². The van der Waals surface area contributed by atoms with E-state index in [9.17, 15) is 14.0 Å². The number of fused-ring (bicyclic) bond motifs is 1. The van der Waals surface area contributed by atoms with Crippen LogP contribution in [0.2, 0.25) is 0 Å². The van der Waals surface area contributed by atoms with Crippen LogP contribution in [0.5, 0.6) is 17.2 Å². The van der Waals surface area contributed by atoms with E-state index in [4.69, 9.17) is 24.3 Å². The van der Waals surface area contributed by atoms with Crippen LogP contribution in [0.4, 0.5) is 13.6 Å². The minimum absolute atomic E-state index is 0.00980. The van der Waals surface area contributed by atoms with Crippen molar-refractivity contribution in [2.45, 2.75) is 45.8 Å². The van der Waals surface area contributed by atoms with Crippen LogP contribution >= 0.6 is 0 Å². The molecule has 11 heteroatoms. The Hall–Kier alpha value is -4.51.